The molecule has 2 aromatic rings. The van der Waals surface area contributed by atoms with Crippen LogP contribution in [0.25, 0.3) is 0 Å². The second-order valence-electron chi connectivity index (χ2n) is 4.13. The van der Waals surface area contributed by atoms with Crippen molar-refractivity contribution in [2.75, 3.05) is 7.05 Å². The largest absolute Gasteiger partial charge is 0.313 e. The van der Waals surface area contributed by atoms with Crippen molar-refractivity contribution in [2.24, 2.45) is 0 Å². The molecule has 0 aliphatic rings. The van der Waals surface area contributed by atoms with Gasteiger partial charge in [0.2, 0.25) is 0 Å². The molecule has 0 saturated heterocycles. The number of rotatable bonds is 5. The first-order valence-electron chi connectivity index (χ1n) is 5.85. The Morgan fingerprint density at radius 3 is 2.72 bits per heavy atom. The lowest BCUT2D eigenvalue weighted by molar-refractivity contribution is 0.549. The van der Waals surface area contributed by atoms with Crippen molar-refractivity contribution in [3.63, 3.8) is 0 Å². The Morgan fingerprint density at radius 1 is 1.28 bits per heavy atom. The minimum Gasteiger partial charge on any atom is -0.313 e. The molecule has 4 heteroatoms. The minimum absolute atomic E-state index is 0.384. The average molecular weight is 389 g/mol. The van der Waals surface area contributed by atoms with Crippen molar-refractivity contribution in [2.45, 2.75) is 18.9 Å². The van der Waals surface area contributed by atoms with E-state index < -0.39 is 0 Å². The minimum atomic E-state index is 0.384. The fourth-order valence-electron chi connectivity index (χ4n) is 1.98. The highest BCUT2D eigenvalue weighted by Gasteiger charge is 2.13. The number of hydrogen-bond acceptors (Lipinski definition) is 2. The van der Waals surface area contributed by atoms with Gasteiger partial charge in [0.25, 0.3) is 0 Å². The van der Waals surface area contributed by atoms with Crippen LogP contribution in [-0.2, 0) is 6.42 Å². The van der Waals surface area contributed by atoms with Crippen LogP contribution in [0.5, 0.6) is 0 Å². The zero-order valence-corrected chi connectivity index (χ0v) is 14.1. The van der Waals surface area contributed by atoms with Crippen molar-refractivity contribution < 1.29 is 0 Å². The maximum Gasteiger partial charge on any atom is 0.0332 e. The Labute approximate surface area is 129 Å². The van der Waals surface area contributed by atoms with Crippen LogP contribution in [-0.4, -0.2) is 7.05 Å². The normalized spacial score (nSPS) is 12.6. The molecule has 0 spiro atoms. The second kappa shape index (κ2) is 6.85. The third-order valence-electron chi connectivity index (χ3n) is 2.95. The zero-order chi connectivity index (χ0) is 13.0. The van der Waals surface area contributed by atoms with E-state index in [1.54, 1.807) is 0 Å². The molecule has 96 valence electrons. The molecule has 1 unspecified atom stereocenters. The lowest BCUT2D eigenvalue weighted by Gasteiger charge is -2.18. The van der Waals surface area contributed by atoms with Crippen LogP contribution >= 0.6 is 43.2 Å². The summed E-state index contributed by atoms with van der Waals surface area (Å²) in [6.07, 6.45) is 2.23. The van der Waals surface area contributed by atoms with Crippen molar-refractivity contribution >= 4 is 43.2 Å². The maximum atomic E-state index is 3.64. The lowest BCUT2D eigenvalue weighted by Crippen LogP contribution is -2.17. The third-order valence-corrected chi connectivity index (χ3v) is 5.06. The van der Waals surface area contributed by atoms with Crippen LogP contribution in [0.3, 0.4) is 0 Å². The quantitative estimate of drug-likeness (QED) is 0.745. The molecule has 2 rings (SSSR count). The number of benzene rings is 1. The van der Waals surface area contributed by atoms with Crippen molar-refractivity contribution in [1.29, 1.82) is 0 Å². The molecule has 1 N–H and O–H groups in total. The summed E-state index contributed by atoms with van der Waals surface area (Å²) >= 11 is 8.96. The van der Waals surface area contributed by atoms with Crippen LogP contribution in [0.1, 0.15) is 22.9 Å². The molecular formula is C14H15Br2NS. The van der Waals surface area contributed by atoms with Crippen LogP contribution in [0.2, 0.25) is 0 Å². The van der Waals surface area contributed by atoms with E-state index in [9.17, 15) is 0 Å². The van der Waals surface area contributed by atoms with Gasteiger partial charge in [0, 0.05) is 19.9 Å². The van der Waals surface area contributed by atoms with Crippen molar-refractivity contribution in [3.05, 3.63) is 55.1 Å². The summed E-state index contributed by atoms with van der Waals surface area (Å²) in [4.78, 5) is 1.45. The van der Waals surface area contributed by atoms with E-state index >= 15 is 0 Å². The van der Waals surface area contributed by atoms with Gasteiger partial charge in [0.05, 0.1) is 0 Å². The number of thiophene rings is 1. The van der Waals surface area contributed by atoms with Crippen LogP contribution in [0.4, 0.5) is 0 Å². The molecule has 0 radical (unpaired) electrons. The van der Waals surface area contributed by atoms with E-state index in [1.165, 1.54) is 10.4 Å². The smallest absolute Gasteiger partial charge is 0.0332 e. The van der Waals surface area contributed by atoms with Gasteiger partial charge < -0.3 is 5.32 Å². The Hall–Kier alpha value is -0.160. The lowest BCUT2D eigenvalue weighted by atomic mass is 10.0. The predicted octanol–water partition coefficient (Wildman–Crippen LogP) is 5.17. The van der Waals surface area contributed by atoms with Gasteiger partial charge in [-0.05, 0) is 49.0 Å². The zero-order valence-electron chi connectivity index (χ0n) is 10.1. The number of aryl methyl sites for hydroxylation is 1. The number of halogens is 2. The molecule has 1 aromatic carbocycles. The molecule has 0 saturated carbocycles. The fraction of sp³-hybridized carbons (Fsp3) is 0.286. The molecule has 1 nitrogen and oxygen atoms in total. The molecule has 0 aliphatic carbocycles. The third kappa shape index (κ3) is 3.67. The van der Waals surface area contributed by atoms with Gasteiger partial charge in [-0.15, -0.1) is 11.3 Å². The van der Waals surface area contributed by atoms with Gasteiger partial charge >= 0.3 is 0 Å². The van der Waals surface area contributed by atoms with E-state index in [-0.39, 0.29) is 0 Å². The Balaban J connectivity index is 2.08. The van der Waals surface area contributed by atoms with E-state index in [0.29, 0.717) is 6.04 Å². The fourth-order valence-corrected chi connectivity index (χ4v) is 4.03. The summed E-state index contributed by atoms with van der Waals surface area (Å²) in [5.41, 5.74) is 1.32. The first kappa shape index (κ1) is 14.3. The van der Waals surface area contributed by atoms with Crippen molar-refractivity contribution in [1.82, 2.24) is 5.32 Å². The summed E-state index contributed by atoms with van der Waals surface area (Å²) in [5.74, 6) is 0. The number of nitrogens with one attached hydrogen (secondary N) is 1. The second-order valence-corrected chi connectivity index (χ2v) is 6.93. The molecule has 0 fully saturated rings. The molecule has 18 heavy (non-hydrogen) atoms. The number of hydrogen-bond donors (Lipinski definition) is 1. The van der Waals surface area contributed by atoms with Crippen LogP contribution < -0.4 is 5.32 Å². The first-order chi connectivity index (χ1) is 8.70. The van der Waals surface area contributed by atoms with Crippen LogP contribution in [0, 0.1) is 0 Å². The van der Waals surface area contributed by atoms with Gasteiger partial charge in [-0.3, -0.25) is 0 Å². The Kier molecular flexibility index (Phi) is 5.42. The summed E-state index contributed by atoms with van der Waals surface area (Å²) < 4.78 is 2.26. The van der Waals surface area contributed by atoms with Gasteiger partial charge in [-0.1, -0.05) is 44.0 Å². The standard InChI is InChI=1S/C14H15Br2NS/c1-17-14(7-5-11-3-2-8-18-11)12-6-4-10(15)9-13(12)16/h2-4,6,8-9,14,17H,5,7H2,1H3. The van der Waals surface area contributed by atoms with E-state index in [0.717, 1.165) is 21.8 Å². The highest BCUT2D eigenvalue weighted by atomic mass is 79.9. The summed E-state index contributed by atoms with van der Waals surface area (Å²) in [7, 11) is 2.02. The first-order valence-corrected chi connectivity index (χ1v) is 8.32. The van der Waals surface area contributed by atoms with Gasteiger partial charge in [-0.2, -0.15) is 0 Å². The SMILES string of the molecule is CNC(CCc1cccs1)c1ccc(Br)cc1Br. The van der Waals surface area contributed by atoms with E-state index in [2.05, 4.69) is 72.9 Å². The molecule has 0 bridgehead atoms. The molecular weight excluding hydrogens is 374 g/mol. The van der Waals surface area contributed by atoms with E-state index in [1.807, 2.05) is 18.4 Å². The maximum absolute atomic E-state index is 3.64. The highest BCUT2D eigenvalue weighted by molar-refractivity contribution is 9.11. The molecule has 1 aromatic heterocycles. The van der Waals surface area contributed by atoms with Gasteiger partial charge in [0.15, 0.2) is 0 Å². The summed E-state index contributed by atoms with van der Waals surface area (Å²) in [5, 5.41) is 5.54. The molecule has 1 atom stereocenters. The van der Waals surface area contributed by atoms with Gasteiger partial charge in [-0.25, -0.2) is 0 Å². The van der Waals surface area contributed by atoms with Gasteiger partial charge in [0.1, 0.15) is 0 Å². The molecule has 1 heterocycles. The summed E-state index contributed by atoms with van der Waals surface area (Å²) in [6, 6.07) is 11.1. The Bertz CT molecular complexity index is 497. The topological polar surface area (TPSA) is 12.0 Å². The van der Waals surface area contributed by atoms with Crippen LogP contribution in [0.15, 0.2) is 44.7 Å². The molecule has 0 aliphatic heterocycles. The predicted molar refractivity (Wildman–Crippen MR) is 86.3 cm³/mol. The summed E-state index contributed by atoms with van der Waals surface area (Å²) in [6.45, 7) is 0. The molecule has 0 amide bonds. The van der Waals surface area contributed by atoms with E-state index in [4.69, 9.17) is 0 Å². The highest BCUT2D eigenvalue weighted by Crippen LogP contribution is 2.29. The monoisotopic (exact) mass is 387 g/mol. The average Bonchev–Trinajstić information content (AvgIpc) is 2.85. The van der Waals surface area contributed by atoms with Crippen molar-refractivity contribution in [3.8, 4) is 0 Å². The Morgan fingerprint density at radius 2 is 2.11 bits per heavy atom.